The molecule has 1 aromatic carbocycles. The van der Waals surface area contributed by atoms with Gasteiger partial charge in [-0.15, -0.1) is 0 Å². The van der Waals surface area contributed by atoms with E-state index in [0.717, 1.165) is 0 Å². The predicted octanol–water partition coefficient (Wildman–Crippen LogP) is 2.28. The zero-order valence-corrected chi connectivity index (χ0v) is 10.7. The quantitative estimate of drug-likeness (QED) is 0.799. The maximum atomic E-state index is 12.0. The number of anilines is 2. The summed E-state index contributed by atoms with van der Waals surface area (Å²) in [5.74, 6) is -0.184. The highest BCUT2D eigenvalue weighted by Gasteiger charge is 2.14. The fourth-order valence-corrected chi connectivity index (χ4v) is 1.55. The first-order valence-corrected chi connectivity index (χ1v) is 5.88. The molecule has 0 aliphatic carbocycles. The van der Waals surface area contributed by atoms with E-state index in [1.54, 1.807) is 36.1 Å². The van der Waals surface area contributed by atoms with Crippen molar-refractivity contribution in [3.8, 4) is 6.07 Å². The molecule has 0 spiro atoms. The molecule has 0 saturated heterocycles. The number of nitrogen functional groups attached to an aromatic ring is 1. The number of amides is 2. The van der Waals surface area contributed by atoms with Gasteiger partial charge in [0, 0.05) is 24.5 Å². The van der Waals surface area contributed by atoms with E-state index in [0.29, 0.717) is 24.5 Å². The maximum absolute atomic E-state index is 12.0. The highest BCUT2D eigenvalue weighted by atomic mass is 16.2. The van der Waals surface area contributed by atoms with Gasteiger partial charge in [-0.1, -0.05) is 6.07 Å². The van der Waals surface area contributed by atoms with E-state index in [-0.39, 0.29) is 11.9 Å². The summed E-state index contributed by atoms with van der Waals surface area (Å²) in [4.78, 5) is 13.6. The molecule has 0 aliphatic heterocycles. The van der Waals surface area contributed by atoms with Gasteiger partial charge in [-0.3, -0.25) is 0 Å². The fraction of sp³-hybridized carbons (Fsp3) is 0.385. The number of hydrogen-bond donors (Lipinski definition) is 2. The van der Waals surface area contributed by atoms with Crippen molar-refractivity contribution in [3.63, 3.8) is 0 Å². The maximum Gasteiger partial charge on any atom is 0.321 e. The number of nitrogens with one attached hydrogen (secondary N) is 1. The van der Waals surface area contributed by atoms with Gasteiger partial charge in [-0.25, -0.2) is 4.79 Å². The summed E-state index contributed by atoms with van der Waals surface area (Å²) in [6.07, 6.45) is 0. The van der Waals surface area contributed by atoms with Crippen molar-refractivity contribution in [1.82, 2.24) is 4.90 Å². The molecular weight excluding hydrogens is 228 g/mol. The van der Waals surface area contributed by atoms with Gasteiger partial charge in [-0.05, 0) is 32.0 Å². The second-order valence-electron chi connectivity index (χ2n) is 4.12. The number of hydrogen-bond acceptors (Lipinski definition) is 3. The van der Waals surface area contributed by atoms with Crippen LogP contribution in [0.25, 0.3) is 0 Å². The summed E-state index contributed by atoms with van der Waals surface area (Å²) in [6, 6.07) is 8.90. The highest BCUT2D eigenvalue weighted by molar-refractivity contribution is 5.89. The summed E-state index contributed by atoms with van der Waals surface area (Å²) >= 11 is 0. The lowest BCUT2D eigenvalue weighted by Crippen LogP contribution is -2.37. The van der Waals surface area contributed by atoms with Gasteiger partial charge in [0.2, 0.25) is 0 Å². The summed E-state index contributed by atoms with van der Waals surface area (Å²) < 4.78 is 0. The van der Waals surface area contributed by atoms with E-state index in [4.69, 9.17) is 11.0 Å². The minimum absolute atomic E-state index is 0.184. The minimum Gasteiger partial charge on any atom is -0.399 e. The Morgan fingerprint density at radius 3 is 2.89 bits per heavy atom. The van der Waals surface area contributed by atoms with Crippen molar-refractivity contribution < 1.29 is 4.79 Å². The van der Waals surface area contributed by atoms with Gasteiger partial charge >= 0.3 is 6.03 Å². The number of carbonyl (C=O) groups is 1. The van der Waals surface area contributed by atoms with Crippen LogP contribution >= 0.6 is 0 Å². The number of carbonyl (C=O) groups excluding carboxylic acids is 1. The topological polar surface area (TPSA) is 82.2 Å². The van der Waals surface area contributed by atoms with E-state index >= 15 is 0 Å². The SMILES string of the molecule is CCN(CC(C)C#N)C(=O)Nc1cccc(N)c1. The lowest BCUT2D eigenvalue weighted by atomic mass is 10.2. The Labute approximate surface area is 107 Å². The second kappa shape index (κ2) is 6.50. The zero-order valence-electron chi connectivity index (χ0n) is 10.7. The molecule has 0 aliphatic rings. The average molecular weight is 246 g/mol. The third kappa shape index (κ3) is 3.98. The third-order valence-electron chi connectivity index (χ3n) is 2.52. The summed E-state index contributed by atoms with van der Waals surface area (Å²) in [5.41, 5.74) is 6.89. The third-order valence-corrected chi connectivity index (χ3v) is 2.52. The molecule has 0 heterocycles. The fourth-order valence-electron chi connectivity index (χ4n) is 1.55. The number of urea groups is 1. The first-order valence-electron chi connectivity index (χ1n) is 5.88. The molecule has 1 unspecified atom stereocenters. The molecule has 5 heteroatoms. The van der Waals surface area contributed by atoms with Crippen LogP contribution in [0.5, 0.6) is 0 Å². The van der Waals surface area contributed by atoms with Crippen molar-refractivity contribution in [2.45, 2.75) is 13.8 Å². The molecule has 18 heavy (non-hydrogen) atoms. The molecule has 1 aromatic rings. The Morgan fingerprint density at radius 2 is 2.33 bits per heavy atom. The van der Waals surface area contributed by atoms with Crippen LogP contribution in [0.4, 0.5) is 16.2 Å². The average Bonchev–Trinajstić information content (AvgIpc) is 2.35. The Morgan fingerprint density at radius 1 is 1.61 bits per heavy atom. The molecule has 1 atom stereocenters. The van der Waals surface area contributed by atoms with Crippen LogP contribution in [-0.2, 0) is 0 Å². The molecule has 96 valence electrons. The van der Waals surface area contributed by atoms with Crippen LogP contribution in [-0.4, -0.2) is 24.0 Å². The lowest BCUT2D eigenvalue weighted by Gasteiger charge is -2.22. The zero-order chi connectivity index (χ0) is 13.5. The number of nitrogens with two attached hydrogens (primary N) is 1. The summed E-state index contributed by atoms with van der Waals surface area (Å²) in [7, 11) is 0. The highest BCUT2D eigenvalue weighted by Crippen LogP contribution is 2.12. The molecule has 0 saturated carbocycles. The smallest absolute Gasteiger partial charge is 0.321 e. The molecule has 0 fully saturated rings. The Kier molecular flexibility index (Phi) is 5.00. The lowest BCUT2D eigenvalue weighted by molar-refractivity contribution is 0.210. The molecule has 2 amide bonds. The van der Waals surface area contributed by atoms with E-state index in [1.807, 2.05) is 6.92 Å². The van der Waals surface area contributed by atoms with E-state index in [2.05, 4.69) is 11.4 Å². The molecule has 3 N–H and O–H groups in total. The number of nitrogens with zero attached hydrogens (tertiary/aromatic N) is 2. The van der Waals surface area contributed by atoms with Gasteiger partial charge in [0.05, 0.1) is 12.0 Å². The normalized spacial score (nSPS) is 11.4. The molecule has 5 nitrogen and oxygen atoms in total. The van der Waals surface area contributed by atoms with Crippen LogP contribution in [0, 0.1) is 17.2 Å². The van der Waals surface area contributed by atoms with Gasteiger partial charge < -0.3 is 16.0 Å². The van der Waals surface area contributed by atoms with Gasteiger partial charge in [0.25, 0.3) is 0 Å². The van der Waals surface area contributed by atoms with Crippen LogP contribution in [0.15, 0.2) is 24.3 Å². The number of rotatable bonds is 4. The standard InChI is InChI=1S/C13H18N4O/c1-3-17(9-10(2)8-14)13(18)16-12-6-4-5-11(15)7-12/h4-7,10H,3,9,15H2,1-2H3,(H,16,18). The largest absolute Gasteiger partial charge is 0.399 e. The van der Waals surface area contributed by atoms with Crippen molar-refractivity contribution in [2.75, 3.05) is 24.1 Å². The second-order valence-corrected chi connectivity index (χ2v) is 4.12. The van der Waals surface area contributed by atoms with Gasteiger partial charge in [0.1, 0.15) is 0 Å². The van der Waals surface area contributed by atoms with Crippen LogP contribution in [0.3, 0.4) is 0 Å². The predicted molar refractivity (Wildman–Crippen MR) is 71.9 cm³/mol. The van der Waals surface area contributed by atoms with Crippen LogP contribution in [0.1, 0.15) is 13.8 Å². The van der Waals surface area contributed by atoms with Crippen LogP contribution < -0.4 is 11.1 Å². The van der Waals surface area contributed by atoms with Gasteiger partial charge in [0.15, 0.2) is 0 Å². The number of nitriles is 1. The van der Waals surface area contributed by atoms with Gasteiger partial charge in [-0.2, -0.15) is 5.26 Å². The van der Waals surface area contributed by atoms with E-state index in [9.17, 15) is 4.79 Å². The molecule has 1 rings (SSSR count). The van der Waals surface area contributed by atoms with E-state index in [1.165, 1.54) is 0 Å². The van der Waals surface area contributed by atoms with Crippen molar-refractivity contribution in [1.29, 1.82) is 5.26 Å². The summed E-state index contributed by atoms with van der Waals surface area (Å²) in [6.45, 7) is 4.64. The Bertz CT molecular complexity index is 453. The first kappa shape index (κ1) is 13.8. The monoisotopic (exact) mass is 246 g/mol. The first-order chi connectivity index (χ1) is 8.56. The number of benzene rings is 1. The van der Waals surface area contributed by atoms with Crippen molar-refractivity contribution in [3.05, 3.63) is 24.3 Å². The Hall–Kier alpha value is -2.22. The molecule has 0 bridgehead atoms. The van der Waals surface area contributed by atoms with E-state index < -0.39 is 0 Å². The molecule has 0 aromatic heterocycles. The summed E-state index contributed by atoms with van der Waals surface area (Å²) in [5, 5.41) is 11.5. The van der Waals surface area contributed by atoms with Crippen molar-refractivity contribution in [2.24, 2.45) is 5.92 Å². The minimum atomic E-state index is -0.217. The Balaban J connectivity index is 2.66. The van der Waals surface area contributed by atoms with Crippen molar-refractivity contribution >= 4 is 17.4 Å². The molecule has 0 radical (unpaired) electrons. The molecular formula is C13H18N4O. The van der Waals surface area contributed by atoms with Crippen LogP contribution in [0.2, 0.25) is 0 Å².